The quantitative estimate of drug-likeness (QED) is 0.395. The van der Waals surface area contributed by atoms with Crippen LogP contribution in [0.5, 0.6) is 11.5 Å². The Morgan fingerprint density at radius 2 is 1.76 bits per heavy atom. The number of carbonyl (C=O) groups excluding carboxylic acids is 2. The van der Waals surface area contributed by atoms with Crippen LogP contribution in [0.4, 0.5) is 0 Å². The third kappa shape index (κ3) is 7.48. The molecular formula is C25H30ClN3O5. The summed E-state index contributed by atoms with van der Waals surface area (Å²) in [4.78, 5) is 28.2. The van der Waals surface area contributed by atoms with Crippen molar-refractivity contribution in [2.75, 3.05) is 53.6 Å². The molecular weight excluding hydrogens is 458 g/mol. The van der Waals surface area contributed by atoms with Crippen molar-refractivity contribution < 1.29 is 23.8 Å². The van der Waals surface area contributed by atoms with Crippen LogP contribution >= 0.6 is 11.6 Å². The molecule has 3 rings (SSSR count). The van der Waals surface area contributed by atoms with Gasteiger partial charge in [-0.3, -0.25) is 14.5 Å². The summed E-state index contributed by atoms with van der Waals surface area (Å²) in [6.45, 7) is 4.64. The lowest BCUT2D eigenvalue weighted by molar-refractivity contribution is -0.117. The number of carbonyl (C=O) groups is 2. The molecule has 0 unspecified atom stereocenters. The minimum Gasteiger partial charge on any atom is -0.493 e. The van der Waals surface area contributed by atoms with E-state index in [1.54, 1.807) is 48.5 Å². The SMILES string of the molecule is COc1ccc(C(=O)N/C(=C/c2ccc(Cl)cc2)C(=O)NCCCN2CCOCC2)cc1OC. The largest absolute Gasteiger partial charge is 0.493 e. The molecule has 0 aromatic heterocycles. The van der Waals surface area contributed by atoms with Crippen molar-refractivity contribution >= 4 is 29.5 Å². The Labute approximate surface area is 204 Å². The van der Waals surface area contributed by atoms with Gasteiger partial charge in [0.2, 0.25) is 0 Å². The maximum atomic E-state index is 13.0. The van der Waals surface area contributed by atoms with Gasteiger partial charge in [-0.05, 0) is 54.9 Å². The molecule has 2 amide bonds. The van der Waals surface area contributed by atoms with E-state index in [-0.39, 0.29) is 11.6 Å². The molecule has 9 heteroatoms. The normalized spacial score (nSPS) is 14.4. The molecule has 2 aromatic carbocycles. The number of halogens is 1. The first-order valence-electron chi connectivity index (χ1n) is 11.1. The van der Waals surface area contributed by atoms with E-state index in [1.807, 2.05) is 0 Å². The highest BCUT2D eigenvalue weighted by atomic mass is 35.5. The second kappa shape index (κ2) is 13.0. The van der Waals surface area contributed by atoms with E-state index in [1.165, 1.54) is 14.2 Å². The molecule has 1 aliphatic heterocycles. The van der Waals surface area contributed by atoms with E-state index in [0.717, 1.165) is 44.8 Å². The highest BCUT2D eigenvalue weighted by Gasteiger charge is 2.17. The number of benzene rings is 2. The van der Waals surface area contributed by atoms with Crippen molar-refractivity contribution in [2.45, 2.75) is 6.42 Å². The number of rotatable bonds is 10. The number of nitrogens with one attached hydrogen (secondary N) is 2. The van der Waals surface area contributed by atoms with Crippen molar-refractivity contribution in [3.63, 3.8) is 0 Å². The highest BCUT2D eigenvalue weighted by Crippen LogP contribution is 2.27. The Balaban J connectivity index is 1.69. The second-order valence-corrected chi connectivity index (χ2v) is 8.13. The molecule has 1 heterocycles. The molecule has 0 spiro atoms. The molecule has 2 N–H and O–H groups in total. The Bertz CT molecular complexity index is 1000. The summed E-state index contributed by atoms with van der Waals surface area (Å²) in [5, 5.41) is 6.21. The zero-order chi connectivity index (χ0) is 24.3. The topological polar surface area (TPSA) is 89.1 Å². The molecule has 8 nitrogen and oxygen atoms in total. The van der Waals surface area contributed by atoms with Crippen LogP contribution in [0.1, 0.15) is 22.3 Å². The molecule has 0 bridgehead atoms. The molecule has 182 valence electrons. The highest BCUT2D eigenvalue weighted by molar-refractivity contribution is 6.30. The molecule has 1 saturated heterocycles. The van der Waals surface area contributed by atoms with E-state index < -0.39 is 5.91 Å². The van der Waals surface area contributed by atoms with E-state index in [9.17, 15) is 9.59 Å². The van der Waals surface area contributed by atoms with E-state index in [4.69, 9.17) is 25.8 Å². The molecule has 1 fully saturated rings. The van der Waals surface area contributed by atoms with Gasteiger partial charge >= 0.3 is 0 Å². The lowest BCUT2D eigenvalue weighted by atomic mass is 10.1. The van der Waals surface area contributed by atoms with Crippen molar-refractivity contribution in [2.24, 2.45) is 0 Å². The summed E-state index contributed by atoms with van der Waals surface area (Å²) in [5.74, 6) is 0.121. The van der Waals surface area contributed by atoms with Crippen LogP contribution in [0.2, 0.25) is 5.02 Å². The van der Waals surface area contributed by atoms with Gasteiger partial charge in [0, 0.05) is 30.2 Å². The van der Waals surface area contributed by atoms with Crippen LogP contribution in [0.15, 0.2) is 48.2 Å². The van der Waals surface area contributed by atoms with Gasteiger partial charge in [-0.2, -0.15) is 0 Å². The fourth-order valence-electron chi connectivity index (χ4n) is 3.48. The van der Waals surface area contributed by atoms with Crippen LogP contribution in [-0.2, 0) is 9.53 Å². The number of nitrogens with zero attached hydrogens (tertiary/aromatic N) is 1. The summed E-state index contributed by atoms with van der Waals surface area (Å²) in [6.07, 6.45) is 2.41. The summed E-state index contributed by atoms with van der Waals surface area (Å²) in [6, 6.07) is 11.8. The van der Waals surface area contributed by atoms with E-state index >= 15 is 0 Å². The molecule has 2 aromatic rings. The van der Waals surface area contributed by atoms with Gasteiger partial charge in [-0.1, -0.05) is 23.7 Å². The zero-order valence-corrected chi connectivity index (χ0v) is 20.2. The minimum absolute atomic E-state index is 0.133. The fraction of sp³-hybridized carbons (Fsp3) is 0.360. The molecule has 0 radical (unpaired) electrons. The average Bonchev–Trinajstić information content (AvgIpc) is 2.87. The van der Waals surface area contributed by atoms with Crippen LogP contribution in [0.25, 0.3) is 6.08 Å². The first kappa shape index (κ1) is 25.6. The number of morpholine rings is 1. The fourth-order valence-corrected chi connectivity index (χ4v) is 3.61. The second-order valence-electron chi connectivity index (χ2n) is 7.70. The van der Waals surface area contributed by atoms with E-state index in [0.29, 0.717) is 28.6 Å². The molecule has 0 aliphatic carbocycles. The lowest BCUT2D eigenvalue weighted by Gasteiger charge is -2.26. The van der Waals surface area contributed by atoms with E-state index in [2.05, 4.69) is 15.5 Å². The monoisotopic (exact) mass is 487 g/mol. The number of methoxy groups -OCH3 is 2. The van der Waals surface area contributed by atoms with Crippen LogP contribution in [0.3, 0.4) is 0 Å². The smallest absolute Gasteiger partial charge is 0.267 e. The third-order valence-electron chi connectivity index (χ3n) is 5.36. The van der Waals surface area contributed by atoms with Gasteiger partial charge in [0.05, 0.1) is 27.4 Å². The average molecular weight is 488 g/mol. The summed E-state index contributed by atoms with van der Waals surface area (Å²) in [7, 11) is 3.02. The molecule has 0 atom stereocenters. The number of hydrogen-bond acceptors (Lipinski definition) is 6. The van der Waals surface area contributed by atoms with Crippen molar-refractivity contribution in [1.29, 1.82) is 0 Å². The summed E-state index contributed by atoms with van der Waals surface area (Å²) in [5.41, 5.74) is 1.20. The standard InChI is InChI=1S/C25H30ClN3O5/c1-32-22-9-6-19(17-23(22)33-2)24(30)28-21(16-18-4-7-20(26)8-5-18)25(31)27-10-3-11-29-12-14-34-15-13-29/h4-9,16-17H,3,10-15H2,1-2H3,(H,27,31)(H,28,30)/b21-16+. The minimum atomic E-state index is -0.440. The van der Waals surface area contributed by atoms with Crippen LogP contribution in [-0.4, -0.2) is 70.3 Å². The maximum absolute atomic E-state index is 13.0. The number of ether oxygens (including phenoxy) is 3. The zero-order valence-electron chi connectivity index (χ0n) is 19.4. The summed E-state index contributed by atoms with van der Waals surface area (Å²) < 4.78 is 15.9. The van der Waals surface area contributed by atoms with Gasteiger partial charge in [0.15, 0.2) is 11.5 Å². The van der Waals surface area contributed by atoms with Crippen LogP contribution in [0, 0.1) is 0 Å². The lowest BCUT2D eigenvalue weighted by Crippen LogP contribution is -2.39. The molecule has 34 heavy (non-hydrogen) atoms. The first-order chi connectivity index (χ1) is 16.5. The summed E-state index contributed by atoms with van der Waals surface area (Å²) >= 11 is 5.97. The predicted octanol–water partition coefficient (Wildman–Crippen LogP) is 2.97. The third-order valence-corrected chi connectivity index (χ3v) is 5.61. The van der Waals surface area contributed by atoms with Crippen LogP contribution < -0.4 is 20.1 Å². The van der Waals surface area contributed by atoms with Crippen molar-refractivity contribution in [3.05, 3.63) is 64.3 Å². The molecule has 1 aliphatic rings. The predicted molar refractivity (Wildman–Crippen MR) is 131 cm³/mol. The van der Waals surface area contributed by atoms with Gasteiger partial charge < -0.3 is 24.8 Å². The Morgan fingerprint density at radius 1 is 1.06 bits per heavy atom. The Morgan fingerprint density at radius 3 is 2.44 bits per heavy atom. The van der Waals surface area contributed by atoms with Crippen molar-refractivity contribution in [3.8, 4) is 11.5 Å². The Hall–Kier alpha value is -3.07. The first-order valence-corrected chi connectivity index (χ1v) is 11.5. The Kier molecular flexibility index (Phi) is 9.75. The van der Waals surface area contributed by atoms with Gasteiger partial charge in [0.25, 0.3) is 11.8 Å². The number of hydrogen-bond donors (Lipinski definition) is 2. The molecule has 0 saturated carbocycles. The van der Waals surface area contributed by atoms with Gasteiger partial charge in [-0.15, -0.1) is 0 Å². The van der Waals surface area contributed by atoms with Gasteiger partial charge in [-0.25, -0.2) is 0 Å². The van der Waals surface area contributed by atoms with Gasteiger partial charge in [0.1, 0.15) is 5.70 Å². The maximum Gasteiger partial charge on any atom is 0.267 e. The number of amides is 2. The van der Waals surface area contributed by atoms with Crippen molar-refractivity contribution in [1.82, 2.24) is 15.5 Å².